The summed E-state index contributed by atoms with van der Waals surface area (Å²) in [6.45, 7) is 8.47. The van der Waals surface area contributed by atoms with Crippen LogP contribution < -0.4 is 0 Å². The van der Waals surface area contributed by atoms with Gasteiger partial charge in [0.1, 0.15) is 0 Å². The van der Waals surface area contributed by atoms with E-state index in [1.54, 1.807) is 0 Å². The van der Waals surface area contributed by atoms with Crippen molar-refractivity contribution in [1.82, 2.24) is 0 Å². The Hall–Kier alpha value is -2.00. The van der Waals surface area contributed by atoms with Crippen LogP contribution in [0, 0.1) is 39.5 Å². The van der Waals surface area contributed by atoms with Gasteiger partial charge in [0.2, 0.25) is 0 Å². The second-order valence-corrected chi connectivity index (χ2v) is 4.84. The number of aryl methyl sites for hydroxylation is 4. The van der Waals surface area contributed by atoms with E-state index in [1.165, 1.54) is 22.3 Å². The Morgan fingerprint density at radius 2 is 1.33 bits per heavy atom. The molecule has 90 valence electrons. The lowest BCUT2D eigenvalue weighted by molar-refractivity contribution is 1.30. The topological polar surface area (TPSA) is 0 Å². The summed E-state index contributed by atoms with van der Waals surface area (Å²) < 4.78 is 0. The maximum Gasteiger partial charge on any atom is 0.0307 e. The van der Waals surface area contributed by atoms with Crippen LogP contribution in [0.1, 0.15) is 33.4 Å². The van der Waals surface area contributed by atoms with E-state index in [2.05, 4.69) is 63.8 Å². The lowest BCUT2D eigenvalue weighted by atomic mass is 9.99. The van der Waals surface area contributed by atoms with Crippen molar-refractivity contribution in [1.29, 1.82) is 0 Å². The lowest BCUT2D eigenvalue weighted by Gasteiger charge is -2.05. The second kappa shape index (κ2) is 5.10. The van der Waals surface area contributed by atoms with Gasteiger partial charge in [0.15, 0.2) is 0 Å². The van der Waals surface area contributed by atoms with Crippen LogP contribution in [-0.4, -0.2) is 0 Å². The summed E-state index contributed by atoms with van der Waals surface area (Å²) in [6.07, 6.45) is 0. The highest BCUT2D eigenvalue weighted by Crippen LogP contribution is 2.15. The van der Waals surface area contributed by atoms with Crippen LogP contribution >= 0.6 is 0 Å². The molecule has 18 heavy (non-hydrogen) atoms. The van der Waals surface area contributed by atoms with Crippen molar-refractivity contribution in [2.45, 2.75) is 27.7 Å². The van der Waals surface area contributed by atoms with Gasteiger partial charge in [0.25, 0.3) is 0 Å². The SMILES string of the molecule is Cc1cc(C)c(C#Cc2ccccc2C)c(C)c1. The molecule has 0 radical (unpaired) electrons. The van der Waals surface area contributed by atoms with Crippen LogP contribution in [-0.2, 0) is 0 Å². The first-order valence-corrected chi connectivity index (χ1v) is 6.23. The molecule has 0 atom stereocenters. The Balaban J connectivity index is 2.46. The van der Waals surface area contributed by atoms with Crippen molar-refractivity contribution in [3.05, 3.63) is 69.8 Å². The Morgan fingerprint density at radius 1 is 0.722 bits per heavy atom. The van der Waals surface area contributed by atoms with Crippen molar-refractivity contribution < 1.29 is 0 Å². The largest absolute Gasteiger partial charge is 0.0619 e. The summed E-state index contributed by atoms with van der Waals surface area (Å²) in [6, 6.07) is 12.6. The molecule has 0 saturated heterocycles. The smallest absolute Gasteiger partial charge is 0.0307 e. The molecule has 0 unspecified atom stereocenters. The molecule has 2 aromatic carbocycles. The van der Waals surface area contributed by atoms with Gasteiger partial charge in [-0.15, -0.1) is 0 Å². The van der Waals surface area contributed by atoms with Crippen LogP contribution in [0.25, 0.3) is 0 Å². The van der Waals surface area contributed by atoms with E-state index in [1.807, 2.05) is 12.1 Å². The maximum absolute atomic E-state index is 3.32. The molecule has 0 N–H and O–H groups in total. The molecule has 0 aliphatic carbocycles. The average molecular weight is 234 g/mol. The highest BCUT2D eigenvalue weighted by Gasteiger charge is 2.00. The number of benzene rings is 2. The predicted octanol–water partition coefficient (Wildman–Crippen LogP) is 4.32. The zero-order valence-electron chi connectivity index (χ0n) is 11.5. The molecule has 0 heteroatoms. The standard InChI is InChI=1S/C18H18/c1-13-11-15(3)18(16(4)12-13)10-9-17-8-6-5-7-14(17)2/h5-8,11-12H,1-4H3. The first kappa shape index (κ1) is 12.5. The van der Waals surface area contributed by atoms with Crippen LogP contribution in [0.2, 0.25) is 0 Å². The van der Waals surface area contributed by atoms with Gasteiger partial charge in [0, 0.05) is 11.1 Å². The molecule has 0 aliphatic rings. The molecule has 0 aromatic heterocycles. The third-order valence-electron chi connectivity index (χ3n) is 3.14. The molecular formula is C18H18. The highest BCUT2D eigenvalue weighted by atomic mass is 14.0. The van der Waals surface area contributed by atoms with E-state index >= 15 is 0 Å². The molecule has 0 amide bonds. The summed E-state index contributed by atoms with van der Waals surface area (Å²) in [4.78, 5) is 0. The van der Waals surface area contributed by atoms with Gasteiger partial charge < -0.3 is 0 Å². The summed E-state index contributed by atoms with van der Waals surface area (Å²) in [5, 5.41) is 0. The summed E-state index contributed by atoms with van der Waals surface area (Å²) >= 11 is 0. The monoisotopic (exact) mass is 234 g/mol. The van der Waals surface area contributed by atoms with Gasteiger partial charge in [-0.1, -0.05) is 47.7 Å². The molecule has 0 spiro atoms. The van der Waals surface area contributed by atoms with E-state index < -0.39 is 0 Å². The predicted molar refractivity (Wildman–Crippen MR) is 77.8 cm³/mol. The third kappa shape index (κ3) is 2.63. The first-order valence-electron chi connectivity index (χ1n) is 6.23. The molecule has 2 aromatic rings. The molecule has 2 rings (SSSR count). The van der Waals surface area contributed by atoms with E-state index in [-0.39, 0.29) is 0 Å². The van der Waals surface area contributed by atoms with Crippen molar-refractivity contribution in [3.8, 4) is 11.8 Å². The van der Waals surface area contributed by atoms with Gasteiger partial charge in [0.05, 0.1) is 0 Å². The Kier molecular flexibility index (Phi) is 3.53. The fraction of sp³-hybridized carbons (Fsp3) is 0.222. The minimum Gasteiger partial charge on any atom is -0.0619 e. The first-order chi connectivity index (χ1) is 8.58. The van der Waals surface area contributed by atoms with Gasteiger partial charge >= 0.3 is 0 Å². The van der Waals surface area contributed by atoms with Crippen molar-refractivity contribution in [3.63, 3.8) is 0 Å². The van der Waals surface area contributed by atoms with Crippen LogP contribution in [0.15, 0.2) is 36.4 Å². The minimum absolute atomic E-state index is 1.11. The molecule has 0 heterocycles. The minimum atomic E-state index is 1.11. The summed E-state index contributed by atoms with van der Waals surface area (Å²) in [5.41, 5.74) is 7.31. The van der Waals surface area contributed by atoms with Gasteiger partial charge in [-0.3, -0.25) is 0 Å². The zero-order chi connectivity index (χ0) is 13.1. The fourth-order valence-corrected chi connectivity index (χ4v) is 2.22. The van der Waals surface area contributed by atoms with Crippen molar-refractivity contribution >= 4 is 0 Å². The average Bonchev–Trinajstić information content (AvgIpc) is 2.30. The quantitative estimate of drug-likeness (QED) is 0.595. The maximum atomic E-state index is 3.32. The lowest BCUT2D eigenvalue weighted by Crippen LogP contribution is -1.90. The number of rotatable bonds is 0. The Bertz CT molecular complexity index is 614. The number of hydrogen-bond donors (Lipinski definition) is 0. The molecule has 0 fully saturated rings. The summed E-state index contributed by atoms with van der Waals surface area (Å²) in [7, 11) is 0. The van der Waals surface area contributed by atoms with Crippen molar-refractivity contribution in [2.24, 2.45) is 0 Å². The molecular weight excluding hydrogens is 216 g/mol. The Labute approximate surface area is 110 Å². The Morgan fingerprint density at radius 3 is 1.94 bits per heavy atom. The van der Waals surface area contributed by atoms with Crippen LogP contribution in [0.3, 0.4) is 0 Å². The normalized spacial score (nSPS) is 9.78. The molecule has 0 saturated carbocycles. The van der Waals surface area contributed by atoms with E-state index in [0.717, 1.165) is 11.1 Å². The second-order valence-electron chi connectivity index (χ2n) is 4.84. The van der Waals surface area contributed by atoms with Crippen LogP contribution in [0.5, 0.6) is 0 Å². The van der Waals surface area contributed by atoms with Crippen LogP contribution in [0.4, 0.5) is 0 Å². The van der Waals surface area contributed by atoms with E-state index in [4.69, 9.17) is 0 Å². The van der Waals surface area contributed by atoms with E-state index in [9.17, 15) is 0 Å². The molecule has 0 bridgehead atoms. The highest BCUT2D eigenvalue weighted by molar-refractivity contribution is 5.52. The third-order valence-corrected chi connectivity index (χ3v) is 3.14. The fourth-order valence-electron chi connectivity index (χ4n) is 2.22. The van der Waals surface area contributed by atoms with Gasteiger partial charge in [-0.25, -0.2) is 0 Å². The van der Waals surface area contributed by atoms with E-state index in [0.29, 0.717) is 0 Å². The van der Waals surface area contributed by atoms with Gasteiger partial charge in [-0.05, 0) is 50.5 Å². The summed E-state index contributed by atoms with van der Waals surface area (Å²) in [5.74, 6) is 6.60. The van der Waals surface area contributed by atoms with Gasteiger partial charge in [-0.2, -0.15) is 0 Å². The molecule has 0 aliphatic heterocycles. The zero-order valence-corrected chi connectivity index (χ0v) is 11.5. The number of hydrogen-bond acceptors (Lipinski definition) is 0. The van der Waals surface area contributed by atoms with Crippen molar-refractivity contribution in [2.75, 3.05) is 0 Å². The molecule has 0 nitrogen and oxygen atoms in total.